The predicted molar refractivity (Wildman–Crippen MR) is 54.6 cm³/mol. The van der Waals surface area contributed by atoms with Gasteiger partial charge in [0, 0.05) is 5.25 Å². The van der Waals surface area contributed by atoms with Crippen molar-refractivity contribution in [1.29, 1.82) is 0 Å². The molecule has 0 spiro atoms. The first kappa shape index (κ1) is 10.7. The molecule has 0 aromatic rings. The summed E-state index contributed by atoms with van der Waals surface area (Å²) in [5.74, 6) is 0.877. The van der Waals surface area contributed by atoms with Crippen LogP contribution in [-0.4, -0.2) is 11.5 Å². The van der Waals surface area contributed by atoms with Crippen LogP contribution in [0.15, 0.2) is 0 Å². The van der Waals surface area contributed by atoms with Crippen molar-refractivity contribution in [2.75, 3.05) is 6.26 Å². The summed E-state index contributed by atoms with van der Waals surface area (Å²) >= 11 is 0. The van der Waals surface area contributed by atoms with Gasteiger partial charge in [0.05, 0.1) is 0 Å². The highest BCUT2D eigenvalue weighted by atomic mass is 33.1. The molecule has 10 heavy (non-hydrogen) atoms. The third-order valence-electron chi connectivity index (χ3n) is 1.90. The van der Waals surface area contributed by atoms with E-state index in [-0.39, 0.29) is 0 Å². The van der Waals surface area contributed by atoms with Gasteiger partial charge in [-0.1, -0.05) is 48.8 Å². The maximum Gasteiger partial charge on any atom is 0.0174 e. The molecule has 0 N–H and O–H groups in total. The smallest absolute Gasteiger partial charge is 0.0174 e. The predicted octanol–water partition coefficient (Wildman–Crippen LogP) is 3.82. The molecule has 0 radical (unpaired) electrons. The van der Waals surface area contributed by atoms with Crippen LogP contribution in [0, 0.1) is 5.92 Å². The van der Waals surface area contributed by atoms with E-state index >= 15 is 0 Å². The first-order valence-corrected chi connectivity index (χ1v) is 6.57. The van der Waals surface area contributed by atoms with Crippen LogP contribution in [0.25, 0.3) is 0 Å². The highest BCUT2D eigenvalue weighted by Crippen LogP contribution is 2.32. The summed E-state index contributed by atoms with van der Waals surface area (Å²) in [5, 5.41) is 0.861. The van der Waals surface area contributed by atoms with Crippen LogP contribution in [0.3, 0.4) is 0 Å². The molecule has 62 valence electrons. The highest BCUT2D eigenvalue weighted by molar-refractivity contribution is 8.76. The van der Waals surface area contributed by atoms with Gasteiger partial charge in [-0.15, -0.1) is 0 Å². The van der Waals surface area contributed by atoms with Crippen molar-refractivity contribution >= 4 is 21.6 Å². The summed E-state index contributed by atoms with van der Waals surface area (Å²) in [7, 11) is 3.92. The first-order chi connectivity index (χ1) is 4.76. The number of hydrogen-bond donors (Lipinski definition) is 0. The fraction of sp³-hybridized carbons (Fsp3) is 1.00. The zero-order valence-electron chi connectivity index (χ0n) is 7.39. The van der Waals surface area contributed by atoms with Crippen molar-refractivity contribution in [3.63, 3.8) is 0 Å². The van der Waals surface area contributed by atoms with E-state index in [1.54, 1.807) is 0 Å². The van der Waals surface area contributed by atoms with Crippen molar-refractivity contribution in [2.24, 2.45) is 5.92 Å². The minimum absolute atomic E-state index is 0.861. The molecule has 0 aromatic carbocycles. The number of rotatable bonds is 5. The second kappa shape index (κ2) is 6.41. The summed E-state index contributed by atoms with van der Waals surface area (Å²) in [5.41, 5.74) is 0. The van der Waals surface area contributed by atoms with E-state index in [9.17, 15) is 0 Å². The molecule has 0 saturated carbocycles. The Bertz CT molecular complexity index is 73.7. The van der Waals surface area contributed by atoms with Gasteiger partial charge in [-0.2, -0.15) is 0 Å². The Balaban J connectivity index is 3.56. The molecule has 0 aliphatic heterocycles. The Morgan fingerprint density at radius 1 is 1.20 bits per heavy atom. The number of hydrogen-bond acceptors (Lipinski definition) is 2. The second-order valence-electron chi connectivity index (χ2n) is 2.60. The quantitative estimate of drug-likeness (QED) is 0.587. The van der Waals surface area contributed by atoms with Crippen LogP contribution in [0.4, 0.5) is 0 Å². The molecule has 0 saturated heterocycles. The standard InChI is InChI=1S/C8H18S2/c1-5-7(3)8(6-2)10-9-4/h7-8H,5-6H2,1-4H3/t7?,8-/m1/s1. The highest BCUT2D eigenvalue weighted by Gasteiger charge is 2.12. The molecule has 0 fully saturated rings. The molecule has 0 aromatic heterocycles. The van der Waals surface area contributed by atoms with Gasteiger partial charge >= 0.3 is 0 Å². The van der Waals surface area contributed by atoms with Gasteiger partial charge in [-0.25, -0.2) is 0 Å². The van der Waals surface area contributed by atoms with E-state index in [0.717, 1.165) is 11.2 Å². The van der Waals surface area contributed by atoms with Crippen LogP contribution >= 0.6 is 21.6 Å². The second-order valence-corrected chi connectivity index (χ2v) is 5.30. The molecular weight excluding hydrogens is 160 g/mol. The molecule has 2 heteroatoms. The first-order valence-electron chi connectivity index (χ1n) is 3.95. The topological polar surface area (TPSA) is 0 Å². The van der Waals surface area contributed by atoms with Crippen molar-refractivity contribution in [2.45, 2.75) is 38.9 Å². The summed E-state index contributed by atoms with van der Waals surface area (Å²) in [6.45, 7) is 6.89. The average molecular weight is 178 g/mol. The minimum Gasteiger partial charge on any atom is -0.0973 e. The van der Waals surface area contributed by atoms with E-state index in [0.29, 0.717) is 0 Å². The monoisotopic (exact) mass is 178 g/mol. The van der Waals surface area contributed by atoms with Gasteiger partial charge in [0.1, 0.15) is 0 Å². The maximum absolute atomic E-state index is 2.34. The lowest BCUT2D eigenvalue weighted by Crippen LogP contribution is -2.10. The normalized spacial score (nSPS) is 16.8. The van der Waals surface area contributed by atoms with E-state index < -0.39 is 0 Å². The molecule has 0 aliphatic rings. The average Bonchev–Trinajstić information content (AvgIpc) is 1.99. The molecule has 1 unspecified atom stereocenters. The zero-order chi connectivity index (χ0) is 7.98. The zero-order valence-corrected chi connectivity index (χ0v) is 9.02. The van der Waals surface area contributed by atoms with Crippen LogP contribution in [0.5, 0.6) is 0 Å². The lowest BCUT2D eigenvalue weighted by Gasteiger charge is -2.18. The summed E-state index contributed by atoms with van der Waals surface area (Å²) in [6.07, 6.45) is 4.78. The summed E-state index contributed by atoms with van der Waals surface area (Å²) < 4.78 is 0. The lowest BCUT2D eigenvalue weighted by atomic mass is 10.0. The lowest BCUT2D eigenvalue weighted by molar-refractivity contribution is 0.526. The molecule has 0 amide bonds. The van der Waals surface area contributed by atoms with Crippen LogP contribution in [-0.2, 0) is 0 Å². The van der Waals surface area contributed by atoms with Crippen molar-refractivity contribution in [3.8, 4) is 0 Å². The van der Waals surface area contributed by atoms with E-state index in [2.05, 4.69) is 27.0 Å². The summed E-state index contributed by atoms with van der Waals surface area (Å²) in [6, 6.07) is 0. The van der Waals surface area contributed by atoms with Crippen LogP contribution in [0.2, 0.25) is 0 Å². The van der Waals surface area contributed by atoms with Gasteiger partial charge in [-0.3, -0.25) is 0 Å². The SMILES string of the molecule is CCC(C)[C@@H](CC)SSC. The van der Waals surface area contributed by atoms with Crippen molar-refractivity contribution in [1.82, 2.24) is 0 Å². The largest absolute Gasteiger partial charge is 0.0973 e. The third-order valence-corrected chi connectivity index (χ3v) is 4.46. The molecule has 2 atom stereocenters. The Labute approximate surface area is 72.9 Å². The Morgan fingerprint density at radius 3 is 2.10 bits per heavy atom. The molecule has 0 bridgehead atoms. The van der Waals surface area contributed by atoms with Gasteiger partial charge in [0.2, 0.25) is 0 Å². The van der Waals surface area contributed by atoms with Crippen molar-refractivity contribution in [3.05, 3.63) is 0 Å². The van der Waals surface area contributed by atoms with Crippen molar-refractivity contribution < 1.29 is 0 Å². The fourth-order valence-corrected chi connectivity index (χ4v) is 3.44. The van der Waals surface area contributed by atoms with Crippen LogP contribution in [0.1, 0.15) is 33.6 Å². The Morgan fingerprint density at radius 2 is 1.80 bits per heavy atom. The van der Waals surface area contributed by atoms with Gasteiger partial charge in [0.25, 0.3) is 0 Å². The van der Waals surface area contributed by atoms with Gasteiger partial charge in [-0.05, 0) is 18.6 Å². The van der Waals surface area contributed by atoms with E-state index in [4.69, 9.17) is 0 Å². The molecule has 0 rings (SSSR count). The fourth-order valence-electron chi connectivity index (χ4n) is 0.952. The Hall–Kier alpha value is 0.700. The molecule has 0 heterocycles. The summed E-state index contributed by atoms with van der Waals surface area (Å²) in [4.78, 5) is 0. The van der Waals surface area contributed by atoms with E-state index in [1.165, 1.54) is 12.8 Å². The van der Waals surface area contributed by atoms with Gasteiger partial charge < -0.3 is 0 Å². The molecule has 0 nitrogen and oxygen atoms in total. The molecular formula is C8H18S2. The Kier molecular flexibility index (Phi) is 6.86. The minimum atomic E-state index is 0.861. The van der Waals surface area contributed by atoms with Crippen LogP contribution < -0.4 is 0 Å². The van der Waals surface area contributed by atoms with E-state index in [1.807, 2.05) is 21.6 Å². The van der Waals surface area contributed by atoms with Gasteiger partial charge in [0.15, 0.2) is 0 Å². The maximum atomic E-state index is 2.34. The molecule has 0 aliphatic carbocycles. The third kappa shape index (κ3) is 3.77.